The van der Waals surface area contributed by atoms with Crippen LogP contribution in [0.1, 0.15) is 22.0 Å². The lowest BCUT2D eigenvalue weighted by molar-refractivity contribution is -0.144. The number of carbonyl (C=O) groups excluding carboxylic acids is 4. The predicted octanol–water partition coefficient (Wildman–Crippen LogP) is 3.60. The molecular weight excluding hydrogens is 450 g/mol. The van der Waals surface area contributed by atoms with Gasteiger partial charge >= 0.3 is 17.8 Å². The number of rotatable bonds is 7. The fraction of sp³-hybridized carbons (Fsp3) is 0.130. The number of hydrogen-bond acceptors (Lipinski definition) is 5. The van der Waals surface area contributed by atoms with Crippen LogP contribution in [0.15, 0.2) is 72.1 Å². The van der Waals surface area contributed by atoms with E-state index in [1.165, 1.54) is 11.3 Å². The van der Waals surface area contributed by atoms with Crippen LogP contribution in [0, 0.1) is 0 Å². The summed E-state index contributed by atoms with van der Waals surface area (Å²) >= 11 is 7.36. The summed E-state index contributed by atoms with van der Waals surface area (Å²) in [6.45, 7) is -0.558. The summed E-state index contributed by atoms with van der Waals surface area (Å²) in [4.78, 5) is 52.5. The topological polar surface area (TPSA) is 86.8 Å². The average molecular weight is 468 g/mol. The van der Waals surface area contributed by atoms with Gasteiger partial charge in [0.25, 0.3) is 0 Å². The molecule has 9 heteroatoms. The van der Waals surface area contributed by atoms with Crippen LogP contribution < -0.4 is 5.32 Å². The number of imide groups is 2. The van der Waals surface area contributed by atoms with E-state index in [-0.39, 0.29) is 6.54 Å². The highest BCUT2D eigenvalue weighted by molar-refractivity contribution is 7.09. The predicted molar refractivity (Wildman–Crippen MR) is 120 cm³/mol. The summed E-state index contributed by atoms with van der Waals surface area (Å²) in [5, 5.41) is 5.23. The molecular formula is C23H18ClN3O4S. The quantitative estimate of drug-likeness (QED) is 0.425. The Balaban J connectivity index is 1.50. The van der Waals surface area contributed by atoms with Gasteiger partial charge in [0.1, 0.15) is 6.54 Å². The van der Waals surface area contributed by atoms with Gasteiger partial charge in [-0.3, -0.25) is 19.3 Å². The van der Waals surface area contributed by atoms with E-state index in [2.05, 4.69) is 5.32 Å². The molecule has 0 spiro atoms. The maximum atomic E-state index is 12.8. The van der Waals surface area contributed by atoms with Crippen LogP contribution in [-0.2, 0) is 20.9 Å². The highest BCUT2D eigenvalue weighted by Gasteiger charge is 2.45. The van der Waals surface area contributed by atoms with Gasteiger partial charge < -0.3 is 5.32 Å². The molecule has 2 aromatic carbocycles. The first kappa shape index (κ1) is 21.7. The molecule has 32 heavy (non-hydrogen) atoms. The summed E-state index contributed by atoms with van der Waals surface area (Å²) in [6, 6.07) is 18.5. The van der Waals surface area contributed by atoms with E-state index in [0.717, 1.165) is 20.9 Å². The number of benzene rings is 2. The first-order valence-electron chi connectivity index (χ1n) is 9.73. The molecule has 1 aromatic heterocycles. The van der Waals surface area contributed by atoms with Crippen molar-refractivity contribution < 1.29 is 19.2 Å². The lowest BCUT2D eigenvalue weighted by atomic mass is 9.98. The summed E-state index contributed by atoms with van der Waals surface area (Å²) in [5.74, 6) is -2.51. The number of hydrogen-bond donors (Lipinski definition) is 1. The molecule has 0 saturated carbocycles. The number of thiophene rings is 1. The molecule has 1 N–H and O–H groups in total. The molecule has 1 saturated heterocycles. The number of carbonyl (C=O) groups is 4. The Morgan fingerprint density at radius 3 is 2.19 bits per heavy atom. The molecule has 4 rings (SSSR count). The summed E-state index contributed by atoms with van der Waals surface area (Å²) < 4.78 is 0. The van der Waals surface area contributed by atoms with Crippen LogP contribution in [-0.4, -0.2) is 40.1 Å². The van der Waals surface area contributed by atoms with Gasteiger partial charge in [-0.05, 0) is 34.7 Å². The van der Waals surface area contributed by atoms with Crippen molar-refractivity contribution in [2.24, 2.45) is 0 Å². The zero-order valence-electron chi connectivity index (χ0n) is 16.7. The van der Waals surface area contributed by atoms with Gasteiger partial charge in [0.15, 0.2) is 0 Å². The monoisotopic (exact) mass is 467 g/mol. The van der Waals surface area contributed by atoms with E-state index in [9.17, 15) is 19.2 Å². The van der Waals surface area contributed by atoms with E-state index in [1.807, 2.05) is 35.7 Å². The molecule has 7 nitrogen and oxygen atoms in total. The van der Waals surface area contributed by atoms with Crippen molar-refractivity contribution in [3.8, 4) is 0 Å². The number of halogens is 1. The second-order valence-electron chi connectivity index (χ2n) is 7.11. The van der Waals surface area contributed by atoms with Crippen LogP contribution in [0.5, 0.6) is 0 Å². The van der Waals surface area contributed by atoms with E-state index >= 15 is 0 Å². The molecule has 0 radical (unpaired) electrons. The van der Waals surface area contributed by atoms with Gasteiger partial charge in [-0.2, -0.15) is 0 Å². The van der Waals surface area contributed by atoms with E-state index < -0.39 is 36.3 Å². The minimum atomic E-state index is -1.01. The average Bonchev–Trinajstić information content (AvgIpc) is 3.38. The molecule has 1 fully saturated rings. The normalized spacial score (nSPS) is 14.7. The minimum Gasteiger partial charge on any atom is -0.344 e. The molecule has 3 aromatic rings. The zero-order valence-corrected chi connectivity index (χ0v) is 18.3. The standard InChI is InChI=1S/C23H18ClN3O4S/c24-17-10-8-16(9-11-17)20(15-5-2-1-3-6-15)25-19(28)14-27-22(30)21(29)26(23(27)31)13-18-7-4-12-32-18/h1-12,20H,13-14H2,(H,25,28)/t20-/m0/s1. The molecule has 1 aliphatic rings. The Morgan fingerprint density at radius 2 is 1.53 bits per heavy atom. The molecule has 1 aliphatic heterocycles. The maximum absolute atomic E-state index is 12.8. The van der Waals surface area contributed by atoms with Crippen molar-refractivity contribution in [2.75, 3.05) is 6.54 Å². The fourth-order valence-electron chi connectivity index (χ4n) is 3.40. The molecule has 5 amide bonds. The van der Waals surface area contributed by atoms with Gasteiger partial charge in [-0.1, -0.05) is 60.1 Å². The lowest BCUT2D eigenvalue weighted by Crippen LogP contribution is -2.42. The zero-order chi connectivity index (χ0) is 22.7. The smallest absolute Gasteiger partial charge is 0.335 e. The largest absolute Gasteiger partial charge is 0.344 e. The highest BCUT2D eigenvalue weighted by atomic mass is 35.5. The van der Waals surface area contributed by atoms with E-state index in [4.69, 9.17) is 11.6 Å². The number of nitrogens with zero attached hydrogens (tertiary/aromatic N) is 2. The third-order valence-corrected chi connectivity index (χ3v) is 6.09. The van der Waals surface area contributed by atoms with Crippen molar-refractivity contribution in [1.29, 1.82) is 0 Å². The number of amides is 5. The maximum Gasteiger partial charge on any atom is 0.335 e. The first-order valence-corrected chi connectivity index (χ1v) is 11.0. The first-order chi connectivity index (χ1) is 15.4. The Labute approximate surface area is 193 Å². The van der Waals surface area contributed by atoms with Crippen LogP contribution in [0.4, 0.5) is 4.79 Å². The molecule has 2 heterocycles. The van der Waals surface area contributed by atoms with Crippen molar-refractivity contribution in [2.45, 2.75) is 12.6 Å². The summed E-state index contributed by atoms with van der Waals surface area (Å²) in [6.07, 6.45) is 0. The lowest BCUT2D eigenvalue weighted by Gasteiger charge is -2.21. The van der Waals surface area contributed by atoms with Crippen LogP contribution in [0.25, 0.3) is 0 Å². The Morgan fingerprint density at radius 1 is 0.875 bits per heavy atom. The van der Waals surface area contributed by atoms with Gasteiger partial charge in [0, 0.05) is 9.90 Å². The third kappa shape index (κ3) is 4.56. The molecule has 0 bridgehead atoms. The van der Waals surface area contributed by atoms with E-state index in [0.29, 0.717) is 9.92 Å². The van der Waals surface area contributed by atoms with Crippen molar-refractivity contribution in [1.82, 2.24) is 15.1 Å². The second-order valence-corrected chi connectivity index (χ2v) is 8.58. The molecule has 162 valence electrons. The summed E-state index contributed by atoms with van der Waals surface area (Å²) in [5.41, 5.74) is 1.60. The van der Waals surface area contributed by atoms with Crippen molar-refractivity contribution in [3.05, 3.63) is 93.1 Å². The number of urea groups is 1. The van der Waals surface area contributed by atoms with Crippen LogP contribution >= 0.6 is 22.9 Å². The Hall–Kier alpha value is -3.49. The Kier molecular flexibility index (Phi) is 6.34. The third-order valence-electron chi connectivity index (χ3n) is 4.97. The second kappa shape index (κ2) is 9.33. The fourth-order valence-corrected chi connectivity index (χ4v) is 4.22. The van der Waals surface area contributed by atoms with Gasteiger partial charge in [-0.15, -0.1) is 11.3 Å². The van der Waals surface area contributed by atoms with Crippen molar-refractivity contribution >= 4 is 46.7 Å². The minimum absolute atomic E-state index is 0.00337. The molecule has 1 atom stereocenters. The molecule has 0 unspecified atom stereocenters. The van der Waals surface area contributed by atoms with E-state index in [1.54, 1.807) is 36.4 Å². The summed E-state index contributed by atoms with van der Waals surface area (Å²) in [7, 11) is 0. The van der Waals surface area contributed by atoms with Gasteiger partial charge in [-0.25, -0.2) is 9.69 Å². The van der Waals surface area contributed by atoms with Crippen LogP contribution in [0.2, 0.25) is 5.02 Å². The van der Waals surface area contributed by atoms with Gasteiger partial charge in [0.2, 0.25) is 5.91 Å². The molecule has 0 aliphatic carbocycles. The van der Waals surface area contributed by atoms with Gasteiger partial charge in [0.05, 0.1) is 12.6 Å². The van der Waals surface area contributed by atoms with Crippen LogP contribution in [0.3, 0.4) is 0 Å². The number of nitrogens with one attached hydrogen (secondary N) is 1. The highest BCUT2D eigenvalue weighted by Crippen LogP contribution is 2.24. The SMILES string of the molecule is O=C(CN1C(=O)C(=O)N(Cc2cccs2)C1=O)N[C@@H](c1ccccc1)c1ccc(Cl)cc1. The van der Waals surface area contributed by atoms with Crippen molar-refractivity contribution in [3.63, 3.8) is 0 Å². The Bertz CT molecular complexity index is 1150.